The van der Waals surface area contributed by atoms with E-state index in [1.54, 1.807) is 0 Å². The lowest BCUT2D eigenvalue weighted by Crippen LogP contribution is -2.39. The van der Waals surface area contributed by atoms with Crippen molar-refractivity contribution in [3.63, 3.8) is 0 Å². The van der Waals surface area contributed by atoms with Crippen LogP contribution in [0.4, 0.5) is 0 Å². The van der Waals surface area contributed by atoms with Crippen molar-refractivity contribution in [2.45, 2.75) is 39.3 Å². The van der Waals surface area contributed by atoms with Gasteiger partial charge in [0.2, 0.25) is 0 Å². The van der Waals surface area contributed by atoms with Crippen LogP contribution in [-0.2, 0) is 18.6 Å². The molecule has 8 heteroatoms. The molecule has 0 amide bonds. The van der Waals surface area contributed by atoms with Crippen LogP contribution in [0.1, 0.15) is 34.1 Å². The number of carbonyl (C=O) groups excluding carboxylic acids is 1. The zero-order valence-electron chi connectivity index (χ0n) is 13.8. The van der Waals surface area contributed by atoms with Crippen molar-refractivity contribution in [2.75, 3.05) is 33.2 Å². The van der Waals surface area contributed by atoms with Crippen molar-refractivity contribution in [2.24, 2.45) is 5.41 Å². The first-order valence-electron chi connectivity index (χ1n) is 6.76. The lowest BCUT2D eigenvalue weighted by molar-refractivity contribution is -0.126. The summed E-state index contributed by atoms with van der Waals surface area (Å²) in [7, 11) is -4.95. The third kappa shape index (κ3) is 9.02. The van der Waals surface area contributed by atoms with Gasteiger partial charge in [0.05, 0.1) is 13.2 Å². The van der Waals surface area contributed by atoms with Crippen LogP contribution in [0.3, 0.4) is 0 Å². The zero-order chi connectivity index (χ0) is 16.9. The molecule has 0 bridgehead atoms. The summed E-state index contributed by atoms with van der Waals surface area (Å²) in [6.07, 6.45) is 0.778. The molecule has 0 aliphatic heterocycles. The molecule has 0 aliphatic carbocycles. The number of rotatable bonds is 9. The van der Waals surface area contributed by atoms with Crippen molar-refractivity contribution in [1.82, 2.24) is 0 Å². The summed E-state index contributed by atoms with van der Waals surface area (Å²) in [5.41, 5.74) is 0.0422. The largest absolute Gasteiger partial charge is 0.469 e. The monoisotopic (exact) mass is 342 g/mol. The summed E-state index contributed by atoms with van der Waals surface area (Å²) < 4.78 is 19.9. The third-order valence-electron chi connectivity index (χ3n) is 3.18. The van der Waals surface area contributed by atoms with Gasteiger partial charge < -0.3 is 14.5 Å². The first-order chi connectivity index (χ1) is 9.28. The van der Waals surface area contributed by atoms with Crippen molar-refractivity contribution < 1.29 is 28.4 Å². The summed E-state index contributed by atoms with van der Waals surface area (Å²) in [5.74, 6) is 0.0321. The second kappa shape index (κ2) is 8.14. The van der Waals surface area contributed by atoms with E-state index < -0.39 is 20.9 Å². The van der Waals surface area contributed by atoms with Crippen LogP contribution in [0.2, 0.25) is 0 Å². The van der Waals surface area contributed by atoms with E-state index in [1.165, 1.54) is 0 Å². The normalized spacial score (nSPS) is 16.0. The number of hydrogen-bond acceptors (Lipinski definition) is 4. The molecule has 0 aromatic heterocycles. The molecule has 126 valence electrons. The maximum Gasteiger partial charge on any atom is 0.469 e. The quantitative estimate of drug-likeness (QED) is 0.494. The van der Waals surface area contributed by atoms with E-state index in [0.717, 1.165) is 6.42 Å². The fourth-order valence-electron chi connectivity index (χ4n) is 2.07. The molecule has 0 spiro atoms. The summed E-state index contributed by atoms with van der Waals surface area (Å²) in [4.78, 5) is 29.5. The van der Waals surface area contributed by atoms with Gasteiger partial charge in [0.1, 0.15) is 6.61 Å². The molecule has 21 heavy (non-hydrogen) atoms. The molecule has 0 aliphatic rings. The van der Waals surface area contributed by atoms with E-state index >= 15 is 0 Å². The molecular weight excluding hydrogens is 314 g/mol. The van der Waals surface area contributed by atoms with E-state index in [-0.39, 0.29) is 31.0 Å². The highest BCUT2D eigenvalue weighted by molar-refractivity contribution is 7.58. The smallest absolute Gasteiger partial charge is 0.371 e. The lowest BCUT2D eigenvalue weighted by Gasteiger charge is -2.38. The molecular formula is C13H28O6P2. The minimum Gasteiger partial charge on any atom is -0.371 e. The van der Waals surface area contributed by atoms with Gasteiger partial charge >= 0.3 is 7.82 Å². The first kappa shape index (κ1) is 21.2. The molecule has 0 saturated heterocycles. The van der Waals surface area contributed by atoms with Crippen molar-refractivity contribution in [3.8, 4) is 0 Å². The summed E-state index contributed by atoms with van der Waals surface area (Å²) >= 11 is 0. The Kier molecular flexibility index (Phi) is 8.21. The van der Waals surface area contributed by atoms with Gasteiger partial charge in [-0.3, -0.25) is 9.32 Å². The lowest BCUT2D eigenvalue weighted by atomic mass is 9.83. The maximum absolute atomic E-state index is 12.4. The topological polar surface area (TPSA) is 93.1 Å². The fourth-order valence-corrected chi connectivity index (χ4v) is 3.74. The molecule has 2 N–H and O–H groups in total. The van der Waals surface area contributed by atoms with E-state index in [4.69, 9.17) is 14.5 Å². The van der Waals surface area contributed by atoms with Gasteiger partial charge in [0.25, 0.3) is 0 Å². The minimum absolute atomic E-state index is 0.0200. The van der Waals surface area contributed by atoms with E-state index in [0.29, 0.717) is 0 Å². The molecule has 0 fully saturated rings. The highest BCUT2D eigenvalue weighted by Gasteiger charge is 2.39. The van der Waals surface area contributed by atoms with Crippen LogP contribution >= 0.6 is 15.7 Å². The SMILES string of the molecule is CP(C)C(C)(CC(C)(C)C)C(=O)COCCOP(=O)(O)O. The molecule has 0 heterocycles. The van der Waals surface area contributed by atoms with Crippen LogP contribution < -0.4 is 0 Å². The van der Waals surface area contributed by atoms with Gasteiger partial charge in [-0.15, -0.1) is 0 Å². The first-order valence-corrected chi connectivity index (χ1v) is 10.5. The van der Waals surface area contributed by atoms with Gasteiger partial charge in [0, 0.05) is 5.16 Å². The highest BCUT2D eigenvalue weighted by atomic mass is 31.2. The third-order valence-corrected chi connectivity index (χ3v) is 6.08. The molecule has 0 aromatic carbocycles. The van der Waals surface area contributed by atoms with Gasteiger partial charge in [-0.2, -0.15) is 0 Å². The Hall–Kier alpha value is 0.170. The molecule has 6 nitrogen and oxygen atoms in total. The Morgan fingerprint density at radius 1 is 1.14 bits per heavy atom. The predicted molar refractivity (Wildman–Crippen MR) is 85.1 cm³/mol. The second-order valence-corrected chi connectivity index (χ2v) is 10.7. The summed E-state index contributed by atoms with van der Waals surface area (Å²) in [5, 5.41) is -0.419. The maximum atomic E-state index is 12.4. The van der Waals surface area contributed by atoms with Gasteiger partial charge in [-0.05, 0) is 32.1 Å². The average Bonchev–Trinajstić information content (AvgIpc) is 2.23. The Labute approximate surface area is 128 Å². The number of phosphoric acid groups is 1. The summed E-state index contributed by atoms with van der Waals surface area (Å²) in [6.45, 7) is 12.1. The van der Waals surface area contributed by atoms with Crippen LogP contribution in [-0.4, -0.2) is 53.9 Å². The number of hydrogen-bond donors (Lipinski definition) is 2. The Bertz CT molecular complexity index is 385. The molecule has 1 atom stereocenters. The number of ketones is 1. The number of Topliss-reactive ketones (excluding diaryl/α,β-unsaturated/α-hetero) is 1. The van der Waals surface area contributed by atoms with Crippen molar-refractivity contribution in [1.29, 1.82) is 0 Å². The second-order valence-electron chi connectivity index (χ2n) is 6.71. The number of carbonyl (C=O) groups is 1. The molecule has 0 rings (SSSR count). The van der Waals surface area contributed by atoms with Gasteiger partial charge in [-0.25, -0.2) is 4.57 Å². The molecule has 0 aromatic rings. The van der Waals surface area contributed by atoms with Crippen LogP contribution in [0, 0.1) is 5.41 Å². The summed E-state index contributed by atoms with van der Waals surface area (Å²) in [6, 6.07) is 0. The number of ether oxygens (including phenoxy) is 1. The van der Waals surface area contributed by atoms with Crippen molar-refractivity contribution >= 4 is 21.5 Å². The van der Waals surface area contributed by atoms with Crippen molar-refractivity contribution in [3.05, 3.63) is 0 Å². The predicted octanol–water partition coefficient (Wildman–Crippen LogP) is 2.62. The fraction of sp³-hybridized carbons (Fsp3) is 0.923. The standard InChI is InChI=1S/C13H28O6P2/c1-12(2,3)10-13(4,20(5)6)11(14)9-18-7-8-19-21(15,16)17/h7-10H2,1-6H3,(H2,15,16,17). The zero-order valence-corrected chi connectivity index (χ0v) is 15.5. The minimum atomic E-state index is -4.47. The Morgan fingerprint density at radius 3 is 2.05 bits per heavy atom. The van der Waals surface area contributed by atoms with E-state index in [2.05, 4.69) is 38.6 Å². The average molecular weight is 342 g/mol. The molecule has 0 saturated carbocycles. The molecule has 0 radical (unpaired) electrons. The van der Waals surface area contributed by atoms with E-state index in [9.17, 15) is 9.36 Å². The highest BCUT2D eigenvalue weighted by Crippen LogP contribution is 2.49. The Balaban J connectivity index is 4.42. The Morgan fingerprint density at radius 2 is 1.67 bits per heavy atom. The van der Waals surface area contributed by atoms with Crippen LogP contribution in [0.15, 0.2) is 0 Å². The number of phosphoric ester groups is 1. The van der Waals surface area contributed by atoms with Gasteiger partial charge in [-0.1, -0.05) is 28.7 Å². The van der Waals surface area contributed by atoms with Crippen LogP contribution in [0.5, 0.6) is 0 Å². The van der Waals surface area contributed by atoms with Crippen LogP contribution in [0.25, 0.3) is 0 Å². The van der Waals surface area contributed by atoms with E-state index in [1.807, 2.05) is 6.92 Å². The van der Waals surface area contributed by atoms with Gasteiger partial charge in [0.15, 0.2) is 5.78 Å². The molecule has 1 unspecified atom stereocenters.